The molecule has 0 bridgehead atoms. The average molecular weight is 316 g/mol. The summed E-state index contributed by atoms with van der Waals surface area (Å²) < 4.78 is 39.4. The minimum Gasteiger partial charge on any atom is -0.378 e. The van der Waals surface area contributed by atoms with Crippen molar-refractivity contribution >= 4 is 11.6 Å². The van der Waals surface area contributed by atoms with Crippen molar-refractivity contribution in [2.45, 2.75) is 37.8 Å². The molecule has 8 heteroatoms. The fraction of sp³-hybridized carbons (Fsp3) is 0.429. The molecule has 1 aliphatic rings. The lowest BCUT2D eigenvalue weighted by Crippen LogP contribution is -2.57. The summed E-state index contributed by atoms with van der Waals surface area (Å²) in [5.41, 5.74) is -3.27. The van der Waals surface area contributed by atoms with Crippen LogP contribution >= 0.6 is 0 Å². The van der Waals surface area contributed by atoms with Gasteiger partial charge in [-0.1, -0.05) is 37.3 Å². The van der Waals surface area contributed by atoms with Gasteiger partial charge in [0.25, 0.3) is 11.6 Å². The highest BCUT2D eigenvalue weighted by molar-refractivity contribution is 5.92. The monoisotopic (exact) mass is 316 g/mol. The van der Waals surface area contributed by atoms with Gasteiger partial charge in [0.1, 0.15) is 0 Å². The van der Waals surface area contributed by atoms with E-state index in [4.69, 9.17) is 0 Å². The zero-order valence-electron chi connectivity index (χ0n) is 11.7. The number of nitrogens with zero attached hydrogens (tertiary/aromatic N) is 2. The van der Waals surface area contributed by atoms with Crippen LogP contribution in [0.5, 0.6) is 0 Å². The zero-order chi connectivity index (χ0) is 16.5. The highest BCUT2D eigenvalue weighted by atomic mass is 19.4. The molecule has 0 fully saturated rings. The number of alkyl halides is 3. The number of benzene rings is 1. The molecule has 1 heterocycles. The van der Waals surface area contributed by atoms with Gasteiger partial charge >= 0.3 is 6.18 Å². The Morgan fingerprint density at radius 1 is 1.41 bits per heavy atom. The molecule has 1 aliphatic heterocycles. The lowest BCUT2D eigenvalue weighted by Gasteiger charge is -2.33. The normalized spacial score (nSPS) is 23.4. The lowest BCUT2D eigenvalue weighted by molar-refractivity contribution is -0.303. The first-order chi connectivity index (χ1) is 10.2. The van der Waals surface area contributed by atoms with E-state index in [-0.39, 0.29) is 22.7 Å². The number of aliphatic hydroxyl groups excluding tert-OH is 1. The van der Waals surface area contributed by atoms with Crippen LogP contribution < -0.4 is 0 Å². The Labute approximate surface area is 124 Å². The molecule has 0 spiro atoms. The maximum absolute atomic E-state index is 13.1. The second kappa shape index (κ2) is 5.69. The predicted octanol–water partition coefficient (Wildman–Crippen LogP) is 1.97. The number of rotatable bonds is 3. The summed E-state index contributed by atoms with van der Waals surface area (Å²) in [6.07, 6.45) is -7.58. The van der Waals surface area contributed by atoms with Crippen molar-refractivity contribution in [1.29, 1.82) is 0 Å². The van der Waals surface area contributed by atoms with Crippen molar-refractivity contribution in [3.8, 4) is 0 Å². The number of halogens is 3. The summed E-state index contributed by atoms with van der Waals surface area (Å²) >= 11 is 0. The van der Waals surface area contributed by atoms with Gasteiger partial charge in [-0.25, -0.2) is 0 Å². The van der Waals surface area contributed by atoms with E-state index in [9.17, 15) is 28.2 Å². The van der Waals surface area contributed by atoms with E-state index in [2.05, 4.69) is 5.10 Å². The first kappa shape index (κ1) is 16.4. The summed E-state index contributed by atoms with van der Waals surface area (Å²) in [4.78, 5) is 12.2. The van der Waals surface area contributed by atoms with Crippen LogP contribution in [0.25, 0.3) is 0 Å². The Balaban J connectivity index is 2.35. The van der Waals surface area contributed by atoms with Crippen molar-refractivity contribution in [1.82, 2.24) is 5.01 Å². The highest BCUT2D eigenvalue weighted by Gasteiger charge is 2.63. The van der Waals surface area contributed by atoms with Crippen molar-refractivity contribution in [2.24, 2.45) is 5.10 Å². The van der Waals surface area contributed by atoms with E-state index in [0.717, 1.165) is 0 Å². The molecule has 2 rings (SSSR count). The maximum Gasteiger partial charge on any atom is 0.438 e. The molecule has 120 valence electrons. The maximum atomic E-state index is 13.1. The molecular formula is C14H15F3N2O3. The van der Waals surface area contributed by atoms with E-state index in [1.165, 1.54) is 24.3 Å². The van der Waals surface area contributed by atoms with Crippen LogP contribution in [0.3, 0.4) is 0 Å². The predicted molar refractivity (Wildman–Crippen MR) is 71.6 cm³/mol. The van der Waals surface area contributed by atoms with Gasteiger partial charge in [0, 0.05) is 12.1 Å². The molecule has 2 N–H and O–H groups in total. The number of hydrogen-bond acceptors (Lipinski definition) is 4. The van der Waals surface area contributed by atoms with E-state index in [1.807, 2.05) is 0 Å². The van der Waals surface area contributed by atoms with Crippen LogP contribution in [-0.4, -0.2) is 38.7 Å². The summed E-state index contributed by atoms with van der Waals surface area (Å²) in [6.45, 7) is 1.57. The fourth-order valence-corrected chi connectivity index (χ4v) is 2.16. The van der Waals surface area contributed by atoms with Gasteiger partial charge in [0.2, 0.25) is 0 Å². The van der Waals surface area contributed by atoms with Gasteiger partial charge in [-0.3, -0.25) is 4.79 Å². The third-order valence-electron chi connectivity index (χ3n) is 3.46. The average Bonchev–Trinajstić information content (AvgIpc) is 2.85. The smallest absolute Gasteiger partial charge is 0.378 e. The van der Waals surface area contributed by atoms with Crippen molar-refractivity contribution in [3.05, 3.63) is 35.9 Å². The molecule has 0 radical (unpaired) electrons. The zero-order valence-corrected chi connectivity index (χ0v) is 11.7. The summed E-state index contributed by atoms with van der Waals surface area (Å²) in [7, 11) is 0. The van der Waals surface area contributed by atoms with Crippen LogP contribution in [0.4, 0.5) is 13.2 Å². The molecule has 22 heavy (non-hydrogen) atoms. The van der Waals surface area contributed by atoms with E-state index in [1.54, 1.807) is 13.0 Å². The van der Waals surface area contributed by atoms with Gasteiger partial charge in [-0.05, 0) is 12.0 Å². The van der Waals surface area contributed by atoms with Crippen molar-refractivity contribution in [3.63, 3.8) is 0 Å². The molecule has 1 aromatic rings. The molecule has 5 nitrogen and oxygen atoms in total. The molecule has 2 atom stereocenters. The summed E-state index contributed by atoms with van der Waals surface area (Å²) in [6, 6.07) is 7.50. The fourth-order valence-electron chi connectivity index (χ4n) is 2.16. The molecule has 0 saturated heterocycles. The Morgan fingerprint density at radius 3 is 2.50 bits per heavy atom. The van der Waals surface area contributed by atoms with Crippen LogP contribution in [0.1, 0.15) is 31.4 Å². The summed E-state index contributed by atoms with van der Waals surface area (Å²) in [5, 5.41) is 23.4. The lowest BCUT2D eigenvalue weighted by atomic mass is 10.0. The van der Waals surface area contributed by atoms with Crippen molar-refractivity contribution in [2.75, 3.05) is 0 Å². The number of carbonyl (C=O) groups is 1. The third kappa shape index (κ3) is 2.71. The van der Waals surface area contributed by atoms with Gasteiger partial charge in [-0.2, -0.15) is 23.3 Å². The molecule has 0 aromatic heterocycles. The first-order valence-corrected chi connectivity index (χ1v) is 6.63. The SMILES string of the molecule is CCC1=NN(C(=O)C(O)c2ccccc2)C(O)(C(F)(F)F)C1. The van der Waals surface area contributed by atoms with Gasteiger partial charge < -0.3 is 10.2 Å². The molecule has 1 amide bonds. The Hall–Kier alpha value is -1.93. The molecule has 0 saturated carbocycles. The topological polar surface area (TPSA) is 73.1 Å². The van der Waals surface area contributed by atoms with E-state index < -0.39 is 30.3 Å². The molecule has 0 aliphatic carbocycles. The standard InChI is InChI=1S/C14H15F3N2O3/c1-2-10-8-13(22,14(15,16)17)19(18-10)12(21)11(20)9-6-4-3-5-7-9/h3-7,11,20,22H,2,8H2,1H3. The third-order valence-corrected chi connectivity index (χ3v) is 3.46. The minimum absolute atomic E-state index is 0.0356. The van der Waals surface area contributed by atoms with Crippen LogP contribution in [0.2, 0.25) is 0 Å². The van der Waals surface area contributed by atoms with Crippen LogP contribution in [0.15, 0.2) is 35.4 Å². The van der Waals surface area contributed by atoms with Gasteiger partial charge in [0.15, 0.2) is 6.10 Å². The molecule has 2 unspecified atom stereocenters. The van der Waals surface area contributed by atoms with Gasteiger partial charge in [0.05, 0.1) is 0 Å². The molecular weight excluding hydrogens is 301 g/mol. The largest absolute Gasteiger partial charge is 0.438 e. The minimum atomic E-state index is -5.08. The van der Waals surface area contributed by atoms with Crippen LogP contribution in [-0.2, 0) is 4.79 Å². The summed E-state index contributed by atoms with van der Waals surface area (Å²) in [5.74, 6) is -1.32. The highest BCUT2D eigenvalue weighted by Crippen LogP contribution is 2.41. The number of carbonyl (C=O) groups excluding carboxylic acids is 1. The van der Waals surface area contributed by atoms with Crippen molar-refractivity contribution < 1.29 is 28.2 Å². The van der Waals surface area contributed by atoms with Crippen LogP contribution in [0, 0.1) is 0 Å². The van der Waals surface area contributed by atoms with E-state index >= 15 is 0 Å². The number of amides is 1. The second-order valence-electron chi connectivity index (χ2n) is 4.97. The number of hydrogen-bond donors (Lipinski definition) is 2. The Kier molecular flexibility index (Phi) is 4.25. The number of hydrazone groups is 1. The van der Waals surface area contributed by atoms with Gasteiger partial charge in [-0.15, -0.1) is 0 Å². The number of aliphatic hydroxyl groups is 2. The van der Waals surface area contributed by atoms with E-state index in [0.29, 0.717) is 0 Å². The Morgan fingerprint density at radius 2 is 2.00 bits per heavy atom. The quantitative estimate of drug-likeness (QED) is 0.895. The first-order valence-electron chi connectivity index (χ1n) is 6.63. The second-order valence-corrected chi connectivity index (χ2v) is 4.97. The Bertz CT molecular complexity index is 589. The molecule has 1 aromatic carbocycles.